The monoisotopic (exact) mass is 537 g/mol. The van der Waals surface area contributed by atoms with Gasteiger partial charge < -0.3 is 25.2 Å². The molecule has 0 aromatic rings. The minimum atomic E-state index is -0.444. The second-order valence-electron chi connectivity index (χ2n) is 9.50. The Morgan fingerprint density at radius 1 is 1.17 bits per heavy atom. The Morgan fingerprint density at radius 2 is 1.80 bits per heavy atom. The standard InChI is InChI=1S/C22H43N5O2.HI/c1-7-9-13-26(6)14-12-24-20(23-8-2)25-17-15-18-10-11-19(16-17)27(18)21(28)29-22(3,4)5;/h17-19H,7-16H2,1-6H3,(H2,23,24,25);1H. The van der Waals surface area contributed by atoms with Crippen molar-refractivity contribution in [3.05, 3.63) is 0 Å². The summed E-state index contributed by atoms with van der Waals surface area (Å²) in [6.07, 6.45) is 6.35. The lowest BCUT2D eigenvalue weighted by Crippen LogP contribution is -2.55. The molecule has 0 spiro atoms. The van der Waals surface area contributed by atoms with Gasteiger partial charge in [-0.15, -0.1) is 24.0 Å². The number of aliphatic imine (C=N–C) groups is 1. The van der Waals surface area contributed by atoms with E-state index >= 15 is 0 Å². The number of ether oxygens (including phenoxy) is 1. The minimum Gasteiger partial charge on any atom is -0.444 e. The van der Waals surface area contributed by atoms with E-state index in [-0.39, 0.29) is 42.2 Å². The Morgan fingerprint density at radius 3 is 2.33 bits per heavy atom. The molecule has 0 radical (unpaired) electrons. The van der Waals surface area contributed by atoms with Crippen molar-refractivity contribution in [1.29, 1.82) is 0 Å². The molecule has 176 valence electrons. The second-order valence-corrected chi connectivity index (χ2v) is 9.50. The van der Waals surface area contributed by atoms with Crippen LogP contribution in [0, 0.1) is 0 Å². The lowest BCUT2D eigenvalue weighted by molar-refractivity contribution is 0.00545. The summed E-state index contributed by atoms with van der Waals surface area (Å²) < 4.78 is 5.64. The van der Waals surface area contributed by atoms with Gasteiger partial charge in [0.1, 0.15) is 5.60 Å². The molecule has 2 fully saturated rings. The van der Waals surface area contributed by atoms with Crippen molar-refractivity contribution in [1.82, 2.24) is 20.4 Å². The number of halogens is 1. The summed E-state index contributed by atoms with van der Waals surface area (Å²) in [4.78, 5) is 21.7. The van der Waals surface area contributed by atoms with Gasteiger partial charge in [-0.05, 0) is 73.4 Å². The average Bonchev–Trinajstić information content (AvgIpc) is 2.90. The molecule has 2 aliphatic heterocycles. The van der Waals surface area contributed by atoms with Crippen LogP contribution in [0.4, 0.5) is 4.79 Å². The van der Waals surface area contributed by atoms with Crippen molar-refractivity contribution in [3.63, 3.8) is 0 Å². The third kappa shape index (κ3) is 8.77. The number of amides is 1. The number of fused-ring (bicyclic) bond motifs is 2. The van der Waals surface area contributed by atoms with E-state index < -0.39 is 5.60 Å². The largest absolute Gasteiger partial charge is 0.444 e. The van der Waals surface area contributed by atoms with Gasteiger partial charge in [0.2, 0.25) is 0 Å². The molecule has 0 aromatic heterocycles. The van der Waals surface area contributed by atoms with Gasteiger partial charge in [0.15, 0.2) is 5.96 Å². The number of piperidine rings is 1. The first-order chi connectivity index (χ1) is 13.7. The molecule has 2 bridgehead atoms. The maximum Gasteiger partial charge on any atom is 0.410 e. The van der Waals surface area contributed by atoms with Crippen LogP contribution in [0.15, 0.2) is 4.99 Å². The molecule has 2 N–H and O–H groups in total. The maximum atomic E-state index is 12.6. The van der Waals surface area contributed by atoms with Gasteiger partial charge >= 0.3 is 6.09 Å². The first-order valence-electron chi connectivity index (χ1n) is 11.5. The van der Waals surface area contributed by atoms with Crippen LogP contribution in [0.25, 0.3) is 0 Å². The first-order valence-corrected chi connectivity index (χ1v) is 11.5. The van der Waals surface area contributed by atoms with Crippen molar-refractivity contribution < 1.29 is 9.53 Å². The fourth-order valence-electron chi connectivity index (χ4n) is 4.29. The van der Waals surface area contributed by atoms with Gasteiger partial charge in [-0.25, -0.2) is 4.79 Å². The zero-order valence-corrected chi connectivity index (χ0v) is 22.2. The Bertz CT molecular complexity index is 538. The fraction of sp³-hybridized carbons (Fsp3) is 0.909. The van der Waals surface area contributed by atoms with E-state index in [1.54, 1.807) is 0 Å². The topological polar surface area (TPSA) is 69.2 Å². The van der Waals surface area contributed by atoms with Crippen molar-refractivity contribution >= 4 is 36.0 Å². The third-order valence-electron chi connectivity index (χ3n) is 5.67. The predicted octanol–water partition coefficient (Wildman–Crippen LogP) is 3.82. The number of carbonyl (C=O) groups excluding carboxylic acids is 1. The van der Waals surface area contributed by atoms with Gasteiger partial charge in [0, 0.05) is 31.2 Å². The van der Waals surface area contributed by atoms with E-state index in [4.69, 9.17) is 9.73 Å². The lowest BCUT2D eigenvalue weighted by Gasteiger charge is -2.40. The van der Waals surface area contributed by atoms with Crippen molar-refractivity contribution in [3.8, 4) is 0 Å². The molecule has 2 atom stereocenters. The number of likely N-dealkylation sites (N-methyl/N-ethyl adjacent to an activating group) is 1. The number of guanidine groups is 1. The van der Waals surface area contributed by atoms with Crippen LogP contribution in [0.5, 0.6) is 0 Å². The van der Waals surface area contributed by atoms with E-state index in [1.807, 2.05) is 25.7 Å². The number of nitrogens with one attached hydrogen (secondary N) is 2. The number of unbranched alkanes of at least 4 members (excludes halogenated alkanes) is 1. The van der Waals surface area contributed by atoms with Gasteiger partial charge in [0.05, 0.1) is 6.54 Å². The summed E-state index contributed by atoms with van der Waals surface area (Å²) in [5.74, 6) is 0.895. The van der Waals surface area contributed by atoms with Crippen molar-refractivity contribution in [2.24, 2.45) is 4.99 Å². The van der Waals surface area contributed by atoms with E-state index in [1.165, 1.54) is 12.8 Å². The third-order valence-corrected chi connectivity index (χ3v) is 5.67. The summed E-state index contributed by atoms with van der Waals surface area (Å²) >= 11 is 0. The van der Waals surface area contributed by atoms with E-state index in [2.05, 4.69) is 36.4 Å². The zero-order chi connectivity index (χ0) is 21.4. The molecule has 1 amide bonds. The molecule has 8 heteroatoms. The van der Waals surface area contributed by atoms with E-state index in [0.717, 1.165) is 57.8 Å². The molecule has 30 heavy (non-hydrogen) atoms. The molecular weight excluding hydrogens is 493 g/mol. The van der Waals surface area contributed by atoms with E-state index in [9.17, 15) is 4.79 Å². The summed E-state index contributed by atoms with van der Waals surface area (Å²) in [5.41, 5.74) is -0.444. The second kappa shape index (κ2) is 12.9. The molecule has 7 nitrogen and oxygen atoms in total. The SMILES string of the molecule is CCCCN(C)CCN=C(NCC)NC1CC2CCC(C1)N2C(=O)OC(C)(C)C.I. The molecule has 2 saturated heterocycles. The molecule has 2 heterocycles. The predicted molar refractivity (Wildman–Crippen MR) is 135 cm³/mol. The van der Waals surface area contributed by atoms with Gasteiger partial charge in [-0.1, -0.05) is 13.3 Å². The van der Waals surface area contributed by atoms with Crippen LogP contribution in [0.2, 0.25) is 0 Å². The molecule has 2 rings (SSSR count). The molecule has 0 saturated carbocycles. The Labute approximate surface area is 200 Å². The van der Waals surface area contributed by atoms with Gasteiger partial charge in [-0.3, -0.25) is 4.99 Å². The van der Waals surface area contributed by atoms with Crippen LogP contribution >= 0.6 is 24.0 Å². The molecule has 0 aliphatic carbocycles. The van der Waals surface area contributed by atoms with Crippen LogP contribution in [0.1, 0.15) is 73.1 Å². The van der Waals surface area contributed by atoms with Crippen molar-refractivity contribution in [2.75, 3.05) is 33.2 Å². The molecular formula is C22H44IN5O2. The number of hydrogen-bond acceptors (Lipinski definition) is 4. The smallest absolute Gasteiger partial charge is 0.410 e. The summed E-state index contributed by atoms with van der Waals surface area (Å²) in [6.45, 7) is 13.8. The van der Waals surface area contributed by atoms with Crippen LogP contribution in [0.3, 0.4) is 0 Å². The minimum absolute atomic E-state index is 0. The molecule has 2 aliphatic rings. The highest BCUT2D eigenvalue weighted by atomic mass is 127. The quantitative estimate of drug-likeness (QED) is 0.280. The fourth-order valence-corrected chi connectivity index (χ4v) is 4.29. The first kappa shape index (κ1) is 27.3. The average molecular weight is 538 g/mol. The number of carbonyl (C=O) groups is 1. The number of rotatable bonds is 8. The highest BCUT2D eigenvalue weighted by Gasteiger charge is 2.45. The number of nitrogens with zero attached hydrogens (tertiary/aromatic N) is 3. The van der Waals surface area contributed by atoms with Crippen LogP contribution in [-0.4, -0.2) is 78.8 Å². The zero-order valence-electron chi connectivity index (χ0n) is 19.9. The maximum absolute atomic E-state index is 12.6. The molecule has 2 unspecified atom stereocenters. The number of hydrogen-bond donors (Lipinski definition) is 2. The van der Waals surface area contributed by atoms with Gasteiger partial charge in [-0.2, -0.15) is 0 Å². The van der Waals surface area contributed by atoms with Gasteiger partial charge in [0.25, 0.3) is 0 Å². The highest BCUT2D eigenvalue weighted by Crippen LogP contribution is 2.36. The van der Waals surface area contributed by atoms with Crippen LogP contribution in [-0.2, 0) is 4.74 Å². The van der Waals surface area contributed by atoms with E-state index in [0.29, 0.717) is 6.04 Å². The Kier molecular flexibility index (Phi) is 11.8. The lowest BCUT2D eigenvalue weighted by atomic mass is 9.98. The summed E-state index contributed by atoms with van der Waals surface area (Å²) in [6, 6.07) is 0.884. The van der Waals surface area contributed by atoms with Crippen molar-refractivity contribution in [2.45, 2.75) is 96.9 Å². The summed E-state index contributed by atoms with van der Waals surface area (Å²) in [7, 11) is 2.16. The highest BCUT2D eigenvalue weighted by molar-refractivity contribution is 14.0. The summed E-state index contributed by atoms with van der Waals surface area (Å²) in [5, 5.41) is 7.00. The Hall–Kier alpha value is -0.770. The Balaban J connectivity index is 0.00000450. The van der Waals surface area contributed by atoms with Crippen LogP contribution < -0.4 is 10.6 Å². The molecule has 0 aromatic carbocycles. The normalized spacial score (nSPS) is 23.9.